The Morgan fingerprint density at radius 1 is 0.568 bits per heavy atom. The molecule has 0 amide bonds. The van der Waals surface area contributed by atoms with Crippen molar-refractivity contribution in [3.63, 3.8) is 0 Å². The maximum Gasteiger partial charge on any atom is 0.238 e. The summed E-state index contributed by atoms with van der Waals surface area (Å²) in [5.74, 6) is 0. The summed E-state index contributed by atoms with van der Waals surface area (Å²) in [5.41, 5.74) is 3.42. The summed E-state index contributed by atoms with van der Waals surface area (Å²) in [5, 5.41) is 7.16. The quantitative estimate of drug-likeness (QED) is 0.143. The summed E-state index contributed by atoms with van der Waals surface area (Å²) >= 11 is 0. The predicted molar refractivity (Wildman–Crippen MR) is 183 cm³/mol. The van der Waals surface area contributed by atoms with Gasteiger partial charge in [0.05, 0.1) is 31.4 Å². The van der Waals surface area contributed by atoms with Gasteiger partial charge in [-0.3, -0.25) is 0 Å². The van der Waals surface area contributed by atoms with Gasteiger partial charge in [0, 0.05) is 5.56 Å². The van der Waals surface area contributed by atoms with Crippen molar-refractivity contribution < 1.29 is 4.89 Å². The van der Waals surface area contributed by atoms with Crippen LogP contribution in [0.3, 0.4) is 0 Å². The van der Waals surface area contributed by atoms with E-state index in [1.807, 2.05) is 6.21 Å². The molecule has 1 aliphatic heterocycles. The van der Waals surface area contributed by atoms with E-state index < -0.39 is 7.94 Å². The molecule has 0 bridgehead atoms. The topological polar surface area (TPSA) is 41.9 Å². The van der Waals surface area contributed by atoms with Crippen LogP contribution in [0.2, 0.25) is 0 Å². The second-order valence-electron chi connectivity index (χ2n) is 12.2. The van der Waals surface area contributed by atoms with Crippen molar-refractivity contribution in [2.45, 2.75) is 50.9 Å². The van der Waals surface area contributed by atoms with Crippen LogP contribution in [0.4, 0.5) is 0 Å². The predicted octanol–water partition coefficient (Wildman–Crippen LogP) is 8.93. The van der Waals surface area contributed by atoms with E-state index in [-0.39, 0.29) is 12.1 Å². The Kier molecular flexibility index (Phi) is 7.24. The Morgan fingerprint density at radius 3 is 1.55 bits per heavy atom. The van der Waals surface area contributed by atoms with Crippen molar-refractivity contribution in [3.8, 4) is 0 Å². The average Bonchev–Trinajstić information content (AvgIpc) is 3.30. The van der Waals surface area contributed by atoms with E-state index in [4.69, 9.17) is 4.76 Å². The highest BCUT2D eigenvalue weighted by Gasteiger charge is 2.59. The van der Waals surface area contributed by atoms with Crippen molar-refractivity contribution in [1.82, 2.24) is 9.34 Å². The zero-order valence-electron chi connectivity index (χ0n) is 24.8. The Balaban J connectivity index is 1.27. The van der Waals surface area contributed by atoms with Crippen LogP contribution in [-0.4, -0.2) is 27.6 Å². The molecule has 0 unspecified atom stereocenters. The van der Waals surface area contributed by atoms with Crippen molar-refractivity contribution in [2.24, 2.45) is 4.76 Å². The minimum absolute atomic E-state index is 0.188. The Hall–Kier alpha value is -3.92. The van der Waals surface area contributed by atoms with Crippen molar-refractivity contribution in [1.29, 1.82) is 0 Å². The molecule has 4 nitrogen and oxygen atoms in total. The van der Waals surface area contributed by atoms with E-state index in [0.29, 0.717) is 13.1 Å². The monoisotopic (exact) mass is 593 g/mol. The molecule has 1 heterocycles. The Labute approximate surface area is 259 Å². The van der Waals surface area contributed by atoms with Crippen LogP contribution in [0.5, 0.6) is 0 Å². The van der Waals surface area contributed by atoms with Gasteiger partial charge >= 0.3 is 0 Å². The third-order valence-corrected chi connectivity index (χ3v) is 12.4. The number of hydrogen-bond donors (Lipinski definition) is 0. The lowest BCUT2D eigenvalue weighted by Gasteiger charge is -2.36. The lowest BCUT2D eigenvalue weighted by Crippen LogP contribution is -2.39. The van der Waals surface area contributed by atoms with Gasteiger partial charge in [0.15, 0.2) is 0 Å². The fourth-order valence-electron chi connectivity index (χ4n) is 7.58. The molecule has 8 rings (SSSR count). The molecule has 0 spiro atoms. The highest BCUT2D eigenvalue weighted by Crippen LogP contribution is 2.69. The van der Waals surface area contributed by atoms with E-state index in [0.717, 1.165) is 42.0 Å². The van der Waals surface area contributed by atoms with Gasteiger partial charge in [0.1, 0.15) is 0 Å². The first-order chi connectivity index (χ1) is 21.7. The fraction of sp³-hybridized carbons (Fsp3) is 0.205. The standard InChI is InChI=1S/C39H36N3OP/c43-44(40-26-32-18-9-15-29-12-1-4-21-35(29)32)41(27-33-19-10-16-30-13-2-5-22-36(30)33)38-24-7-8-25-39(38)42(44)28-34-20-11-17-31-14-3-6-23-37(31)34/h1-6,9-23,26,38-39H,7-8,24-25,27-28H2/b40-26+/t38-,39-/m1/s1. The van der Waals surface area contributed by atoms with Crippen LogP contribution < -0.4 is 4.89 Å². The highest BCUT2D eigenvalue weighted by molar-refractivity contribution is 7.63. The minimum Gasteiger partial charge on any atom is -0.630 e. The lowest BCUT2D eigenvalue weighted by molar-refractivity contribution is -0.192. The molecular weight excluding hydrogens is 557 g/mol. The molecular formula is C39H36N3OP. The summed E-state index contributed by atoms with van der Waals surface area (Å²) in [6, 6.07) is 45.1. The van der Waals surface area contributed by atoms with Gasteiger partial charge in [-0.2, -0.15) is 0 Å². The van der Waals surface area contributed by atoms with E-state index in [9.17, 15) is 0 Å². The third kappa shape index (κ3) is 4.83. The third-order valence-electron chi connectivity index (χ3n) is 9.72. The maximum atomic E-state index is 15.9. The van der Waals surface area contributed by atoms with Crippen LogP contribution in [-0.2, 0) is 13.1 Å². The lowest BCUT2D eigenvalue weighted by atomic mass is 9.89. The van der Waals surface area contributed by atoms with Crippen molar-refractivity contribution in [3.05, 3.63) is 144 Å². The van der Waals surface area contributed by atoms with Crippen LogP contribution in [0.25, 0.3) is 32.3 Å². The molecule has 6 aromatic carbocycles. The molecule has 0 radical (unpaired) electrons. The molecule has 5 heteroatoms. The SMILES string of the molecule is [O-][P+]1(/N=C/c2cccc3ccccc23)N(Cc2cccc3ccccc23)[C@@H]2CCCC[C@H]2N1Cc1cccc2ccccc12. The van der Waals surface area contributed by atoms with Crippen LogP contribution in [0.1, 0.15) is 42.4 Å². The molecule has 0 N–H and O–H groups in total. The summed E-state index contributed by atoms with van der Waals surface area (Å²) in [4.78, 5) is 15.9. The molecule has 2 atom stereocenters. The van der Waals surface area contributed by atoms with Gasteiger partial charge in [0.25, 0.3) is 0 Å². The molecule has 1 saturated heterocycles. The normalized spacial score (nSPS) is 20.6. The van der Waals surface area contributed by atoms with E-state index >= 15 is 4.89 Å². The molecule has 6 aromatic rings. The molecule has 44 heavy (non-hydrogen) atoms. The molecule has 2 aliphatic rings. The zero-order valence-corrected chi connectivity index (χ0v) is 25.7. The summed E-state index contributed by atoms with van der Waals surface area (Å²) in [7, 11) is -3.39. The minimum atomic E-state index is -3.39. The number of rotatable bonds is 6. The first kappa shape index (κ1) is 27.6. The summed E-state index contributed by atoms with van der Waals surface area (Å²) in [6.45, 7) is 1.22. The van der Waals surface area contributed by atoms with Crippen molar-refractivity contribution in [2.75, 3.05) is 0 Å². The first-order valence-electron chi connectivity index (χ1n) is 15.8. The largest absolute Gasteiger partial charge is 0.630 e. The van der Waals surface area contributed by atoms with E-state index in [2.05, 4.69) is 137 Å². The zero-order chi connectivity index (χ0) is 29.5. The van der Waals surface area contributed by atoms with Gasteiger partial charge in [-0.1, -0.05) is 140 Å². The molecule has 1 saturated carbocycles. The number of nitrogens with zero attached hydrogens (tertiary/aromatic N) is 3. The Morgan fingerprint density at radius 2 is 1.00 bits per heavy atom. The number of hydrogen-bond acceptors (Lipinski definition) is 4. The Bertz CT molecular complexity index is 1890. The smallest absolute Gasteiger partial charge is 0.238 e. The van der Waals surface area contributed by atoms with Gasteiger partial charge in [-0.05, 0) is 56.3 Å². The van der Waals surface area contributed by atoms with Crippen LogP contribution in [0.15, 0.2) is 132 Å². The summed E-state index contributed by atoms with van der Waals surface area (Å²) in [6.07, 6.45) is 6.28. The van der Waals surface area contributed by atoms with E-state index in [1.54, 1.807) is 0 Å². The summed E-state index contributed by atoms with van der Waals surface area (Å²) < 4.78 is 9.79. The second kappa shape index (κ2) is 11.5. The number of benzene rings is 6. The molecule has 1 aliphatic carbocycles. The maximum absolute atomic E-state index is 15.9. The molecule has 2 fully saturated rings. The van der Waals surface area contributed by atoms with Gasteiger partial charge in [-0.15, -0.1) is 14.1 Å². The van der Waals surface area contributed by atoms with Gasteiger partial charge in [-0.25, -0.2) is 0 Å². The fourth-order valence-corrected chi connectivity index (χ4v) is 10.4. The van der Waals surface area contributed by atoms with Crippen molar-refractivity contribution >= 4 is 46.5 Å². The first-order valence-corrected chi connectivity index (χ1v) is 17.4. The average molecular weight is 594 g/mol. The van der Waals surface area contributed by atoms with Gasteiger partial charge < -0.3 is 4.89 Å². The molecule has 218 valence electrons. The second-order valence-corrected chi connectivity index (χ2v) is 14.5. The van der Waals surface area contributed by atoms with Crippen LogP contribution in [0, 0.1) is 0 Å². The van der Waals surface area contributed by atoms with Gasteiger partial charge in [0.2, 0.25) is 7.94 Å². The number of fused-ring (bicyclic) bond motifs is 4. The van der Waals surface area contributed by atoms with E-state index in [1.165, 1.54) is 32.7 Å². The highest BCUT2D eigenvalue weighted by atomic mass is 31.2. The van der Waals surface area contributed by atoms with Crippen LogP contribution >= 0.6 is 7.94 Å². The molecule has 0 aromatic heterocycles.